The molecule has 1 heterocycles. The normalized spacial score (nSPS) is 12.0. The molecule has 0 unspecified atom stereocenters. The SMILES string of the molecule is CC(C)C[C@H](NC(=O)COC(=O)c1n[nH]c(=O)c2ccccc12)c1ccccc1. The molecule has 1 atom stereocenters. The molecule has 3 rings (SSSR count). The van der Waals surface area contributed by atoms with E-state index in [0.29, 0.717) is 16.7 Å². The number of aromatic amines is 1. The van der Waals surface area contributed by atoms with Crippen LogP contribution in [0.5, 0.6) is 0 Å². The quantitative estimate of drug-likeness (QED) is 0.601. The van der Waals surface area contributed by atoms with E-state index >= 15 is 0 Å². The molecule has 29 heavy (non-hydrogen) atoms. The predicted octanol–water partition coefficient (Wildman–Crippen LogP) is 2.98. The molecule has 150 valence electrons. The van der Waals surface area contributed by atoms with Crippen LogP contribution in [0.4, 0.5) is 0 Å². The number of H-pyrrole nitrogens is 1. The highest BCUT2D eigenvalue weighted by Gasteiger charge is 2.19. The molecule has 0 aliphatic rings. The Morgan fingerprint density at radius 3 is 2.38 bits per heavy atom. The number of benzene rings is 2. The van der Waals surface area contributed by atoms with Gasteiger partial charge in [0.25, 0.3) is 11.5 Å². The topological polar surface area (TPSA) is 101 Å². The lowest BCUT2D eigenvalue weighted by Gasteiger charge is -2.21. The Morgan fingerprint density at radius 1 is 1.03 bits per heavy atom. The van der Waals surface area contributed by atoms with Gasteiger partial charge in [0.2, 0.25) is 0 Å². The van der Waals surface area contributed by atoms with Crippen LogP contribution in [0.15, 0.2) is 59.4 Å². The average Bonchev–Trinajstić information content (AvgIpc) is 2.72. The van der Waals surface area contributed by atoms with Gasteiger partial charge in [-0.2, -0.15) is 5.10 Å². The Kier molecular flexibility index (Phi) is 6.39. The summed E-state index contributed by atoms with van der Waals surface area (Å²) in [5.41, 5.74) is 0.568. The predicted molar refractivity (Wildman–Crippen MR) is 109 cm³/mol. The van der Waals surface area contributed by atoms with E-state index in [0.717, 1.165) is 12.0 Å². The fourth-order valence-corrected chi connectivity index (χ4v) is 3.14. The number of carbonyl (C=O) groups is 2. The van der Waals surface area contributed by atoms with Crippen molar-refractivity contribution < 1.29 is 14.3 Å². The molecule has 3 aromatic rings. The maximum atomic E-state index is 12.4. The minimum atomic E-state index is -0.771. The number of aromatic nitrogens is 2. The average molecular weight is 393 g/mol. The van der Waals surface area contributed by atoms with Crippen molar-refractivity contribution >= 4 is 22.6 Å². The van der Waals surface area contributed by atoms with E-state index in [-0.39, 0.29) is 11.7 Å². The van der Waals surface area contributed by atoms with Crippen LogP contribution in [-0.4, -0.2) is 28.7 Å². The lowest BCUT2D eigenvalue weighted by atomic mass is 9.97. The van der Waals surface area contributed by atoms with Crippen LogP contribution in [-0.2, 0) is 9.53 Å². The second-order valence-corrected chi connectivity index (χ2v) is 7.18. The van der Waals surface area contributed by atoms with Gasteiger partial charge in [0, 0.05) is 5.39 Å². The zero-order valence-electron chi connectivity index (χ0n) is 16.3. The summed E-state index contributed by atoms with van der Waals surface area (Å²) in [7, 11) is 0. The minimum absolute atomic E-state index is 0.0326. The number of hydrogen-bond acceptors (Lipinski definition) is 5. The summed E-state index contributed by atoms with van der Waals surface area (Å²) in [5.74, 6) is -0.797. The molecule has 0 aliphatic carbocycles. The van der Waals surface area contributed by atoms with Crippen molar-refractivity contribution in [3.63, 3.8) is 0 Å². The Bertz CT molecular complexity index is 1060. The molecule has 1 aromatic heterocycles. The highest BCUT2D eigenvalue weighted by atomic mass is 16.5. The number of nitrogens with zero attached hydrogens (tertiary/aromatic N) is 1. The Labute approximate surface area is 168 Å². The summed E-state index contributed by atoms with van der Waals surface area (Å²) < 4.78 is 5.14. The molecule has 2 aromatic carbocycles. The van der Waals surface area contributed by atoms with E-state index in [2.05, 4.69) is 29.4 Å². The number of esters is 1. The minimum Gasteiger partial charge on any atom is -0.451 e. The molecule has 0 saturated carbocycles. The van der Waals surface area contributed by atoms with Crippen LogP contribution < -0.4 is 10.9 Å². The first-order valence-electron chi connectivity index (χ1n) is 9.44. The number of rotatable bonds is 7. The molecular formula is C22H23N3O4. The third-order valence-corrected chi connectivity index (χ3v) is 4.47. The van der Waals surface area contributed by atoms with E-state index in [9.17, 15) is 14.4 Å². The molecule has 0 aliphatic heterocycles. The van der Waals surface area contributed by atoms with Crippen molar-refractivity contribution in [1.82, 2.24) is 15.5 Å². The summed E-state index contributed by atoms with van der Waals surface area (Å²) in [6.45, 7) is 3.72. The zero-order chi connectivity index (χ0) is 20.8. The fourth-order valence-electron chi connectivity index (χ4n) is 3.14. The zero-order valence-corrected chi connectivity index (χ0v) is 16.3. The summed E-state index contributed by atoms with van der Waals surface area (Å²) in [6.07, 6.45) is 0.760. The standard InChI is InChI=1S/C22H23N3O4/c1-14(2)12-18(15-8-4-3-5-9-15)23-19(26)13-29-22(28)20-16-10-6-7-11-17(16)21(27)25-24-20/h3-11,14,18H,12-13H2,1-2H3,(H,23,26)(H,25,27)/t18-/m0/s1. The van der Waals surface area contributed by atoms with Gasteiger partial charge in [-0.1, -0.05) is 62.4 Å². The van der Waals surface area contributed by atoms with Crippen molar-refractivity contribution in [1.29, 1.82) is 0 Å². The molecule has 0 radical (unpaired) electrons. The van der Waals surface area contributed by atoms with E-state index in [1.165, 1.54) is 0 Å². The number of carbonyl (C=O) groups excluding carboxylic acids is 2. The first-order chi connectivity index (χ1) is 14.0. The van der Waals surface area contributed by atoms with Gasteiger partial charge in [0.15, 0.2) is 12.3 Å². The summed E-state index contributed by atoms with van der Waals surface area (Å²) >= 11 is 0. The summed E-state index contributed by atoms with van der Waals surface area (Å²) in [5, 5.41) is 9.70. The molecule has 7 nitrogen and oxygen atoms in total. The molecule has 7 heteroatoms. The van der Waals surface area contributed by atoms with Gasteiger partial charge in [0.05, 0.1) is 11.4 Å². The van der Waals surface area contributed by atoms with Crippen molar-refractivity contribution in [3.8, 4) is 0 Å². The number of hydrogen-bond donors (Lipinski definition) is 2. The Balaban J connectivity index is 1.68. The summed E-state index contributed by atoms with van der Waals surface area (Å²) in [6, 6.07) is 16.1. The lowest BCUT2D eigenvalue weighted by Crippen LogP contribution is -2.33. The molecular weight excluding hydrogens is 370 g/mol. The highest BCUT2D eigenvalue weighted by molar-refractivity contribution is 6.02. The largest absolute Gasteiger partial charge is 0.451 e. The van der Waals surface area contributed by atoms with Crippen molar-refractivity contribution in [2.24, 2.45) is 5.92 Å². The molecule has 0 bridgehead atoms. The van der Waals surface area contributed by atoms with Gasteiger partial charge in [-0.05, 0) is 24.0 Å². The molecule has 0 saturated heterocycles. The number of nitrogens with one attached hydrogen (secondary N) is 2. The number of ether oxygens (including phenoxy) is 1. The first kappa shape index (κ1) is 20.3. The van der Waals surface area contributed by atoms with Crippen LogP contribution in [0.25, 0.3) is 10.8 Å². The number of amides is 1. The van der Waals surface area contributed by atoms with Crippen LogP contribution >= 0.6 is 0 Å². The third kappa shape index (κ3) is 5.07. The van der Waals surface area contributed by atoms with E-state index < -0.39 is 24.0 Å². The summed E-state index contributed by atoms with van der Waals surface area (Å²) in [4.78, 5) is 36.6. The van der Waals surface area contributed by atoms with Crippen molar-refractivity contribution in [3.05, 3.63) is 76.2 Å². The molecule has 0 fully saturated rings. The Hall–Kier alpha value is -3.48. The first-order valence-corrected chi connectivity index (χ1v) is 9.44. The van der Waals surface area contributed by atoms with Gasteiger partial charge >= 0.3 is 5.97 Å². The van der Waals surface area contributed by atoms with E-state index in [4.69, 9.17) is 4.74 Å². The molecule has 0 spiro atoms. The van der Waals surface area contributed by atoms with Crippen molar-refractivity contribution in [2.45, 2.75) is 26.3 Å². The van der Waals surface area contributed by atoms with Gasteiger partial charge < -0.3 is 10.1 Å². The van der Waals surface area contributed by atoms with E-state index in [1.54, 1.807) is 24.3 Å². The second-order valence-electron chi connectivity index (χ2n) is 7.18. The maximum Gasteiger partial charge on any atom is 0.359 e. The van der Waals surface area contributed by atoms with Gasteiger partial charge in [-0.15, -0.1) is 0 Å². The second kappa shape index (κ2) is 9.14. The smallest absolute Gasteiger partial charge is 0.359 e. The Morgan fingerprint density at radius 2 is 1.69 bits per heavy atom. The van der Waals surface area contributed by atoms with E-state index in [1.807, 2.05) is 30.3 Å². The van der Waals surface area contributed by atoms with Crippen LogP contribution in [0.2, 0.25) is 0 Å². The van der Waals surface area contributed by atoms with Crippen LogP contribution in [0.1, 0.15) is 42.4 Å². The lowest BCUT2D eigenvalue weighted by molar-refractivity contribution is -0.125. The van der Waals surface area contributed by atoms with Gasteiger partial charge in [0.1, 0.15) is 0 Å². The van der Waals surface area contributed by atoms with Gasteiger partial charge in [-0.25, -0.2) is 9.89 Å². The molecule has 2 N–H and O–H groups in total. The van der Waals surface area contributed by atoms with Crippen LogP contribution in [0, 0.1) is 5.92 Å². The van der Waals surface area contributed by atoms with Crippen molar-refractivity contribution in [2.75, 3.05) is 6.61 Å². The van der Waals surface area contributed by atoms with Crippen LogP contribution in [0.3, 0.4) is 0 Å². The third-order valence-electron chi connectivity index (χ3n) is 4.47. The highest BCUT2D eigenvalue weighted by Crippen LogP contribution is 2.21. The monoisotopic (exact) mass is 393 g/mol. The number of fused-ring (bicyclic) bond motifs is 1. The van der Waals surface area contributed by atoms with Gasteiger partial charge in [-0.3, -0.25) is 9.59 Å². The molecule has 1 amide bonds. The fraction of sp³-hybridized carbons (Fsp3) is 0.273. The maximum absolute atomic E-state index is 12.4.